The highest BCUT2D eigenvalue weighted by molar-refractivity contribution is 8.18. The Labute approximate surface area is 126 Å². The molecule has 0 unspecified atom stereocenters. The first-order valence-corrected chi connectivity index (χ1v) is 7.72. The zero-order valence-electron chi connectivity index (χ0n) is 11.4. The zero-order valence-corrected chi connectivity index (χ0v) is 12.2. The number of aromatic hydroxyl groups is 1. The third kappa shape index (κ3) is 2.95. The molecule has 1 saturated heterocycles. The summed E-state index contributed by atoms with van der Waals surface area (Å²) < 4.78 is 13.3. The van der Waals surface area contributed by atoms with Crippen molar-refractivity contribution in [3.63, 3.8) is 0 Å². The Morgan fingerprint density at radius 3 is 2.81 bits per heavy atom. The molecule has 110 valence electrons. The van der Waals surface area contributed by atoms with E-state index in [0.717, 1.165) is 25.9 Å². The van der Waals surface area contributed by atoms with Crippen molar-refractivity contribution in [2.75, 3.05) is 13.1 Å². The van der Waals surface area contributed by atoms with Crippen molar-refractivity contribution in [2.45, 2.75) is 19.3 Å². The Balaban J connectivity index is 1.80. The van der Waals surface area contributed by atoms with Crippen LogP contribution >= 0.6 is 11.8 Å². The number of rotatable bonds is 1. The largest absolute Gasteiger partial charge is 0.504 e. The molecule has 3 rings (SSSR count). The van der Waals surface area contributed by atoms with E-state index >= 15 is 0 Å². The number of thioether (sulfide) groups is 1. The number of carbonyl (C=O) groups excluding carboxylic acids is 1. The van der Waals surface area contributed by atoms with Crippen LogP contribution in [0.5, 0.6) is 5.75 Å². The van der Waals surface area contributed by atoms with Gasteiger partial charge < -0.3 is 10.0 Å². The van der Waals surface area contributed by atoms with Gasteiger partial charge in [-0.05, 0) is 43.2 Å². The van der Waals surface area contributed by atoms with Gasteiger partial charge in [0.05, 0.1) is 4.91 Å². The number of carbonyl (C=O) groups is 1. The van der Waals surface area contributed by atoms with E-state index in [0.29, 0.717) is 15.6 Å². The molecular weight excluding hydrogens is 291 g/mol. The van der Waals surface area contributed by atoms with Crippen LogP contribution in [0.25, 0.3) is 6.08 Å². The van der Waals surface area contributed by atoms with Gasteiger partial charge in [-0.25, -0.2) is 4.39 Å². The standard InChI is InChI=1S/C15H15FN2O2S/c16-11-6-4-5-10(13(11)19)9-12-14(20)17-15(21-12)18-7-2-1-3-8-18/h4-6,9,19H,1-3,7-8H2. The number of phenolic OH excluding ortho intramolecular Hbond substituents is 1. The fourth-order valence-electron chi connectivity index (χ4n) is 2.41. The number of amides is 1. The van der Waals surface area contributed by atoms with Crippen molar-refractivity contribution in [1.82, 2.24) is 4.90 Å². The molecule has 1 fully saturated rings. The number of amidine groups is 1. The fraction of sp³-hybridized carbons (Fsp3) is 0.333. The van der Waals surface area contributed by atoms with Crippen molar-refractivity contribution >= 4 is 28.9 Å². The average Bonchev–Trinajstić information content (AvgIpc) is 2.86. The van der Waals surface area contributed by atoms with Gasteiger partial charge in [0.1, 0.15) is 0 Å². The normalized spacial score (nSPS) is 21.0. The Bertz CT molecular complexity index is 637. The Morgan fingerprint density at radius 2 is 2.05 bits per heavy atom. The molecule has 4 nitrogen and oxygen atoms in total. The molecular formula is C15H15FN2O2S. The van der Waals surface area contributed by atoms with Crippen LogP contribution in [0.1, 0.15) is 24.8 Å². The summed E-state index contributed by atoms with van der Waals surface area (Å²) in [6.07, 6.45) is 4.92. The van der Waals surface area contributed by atoms with E-state index in [9.17, 15) is 14.3 Å². The number of para-hydroxylation sites is 1. The van der Waals surface area contributed by atoms with Gasteiger partial charge in [-0.1, -0.05) is 12.1 Å². The number of aliphatic imine (C=N–C) groups is 1. The van der Waals surface area contributed by atoms with Crippen LogP contribution in [0, 0.1) is 5.82 Å². The van der Waals surface area contributed by atoms with Crippen molar-refractivity contribution in [3.8, 4) is 5.75 Å². The third-order valence-electron chi connectivity index (χ3n) is 3.54. The van der Waals surface area contributed by atoms with Crippen molar-refractivity contribution in [2.24, 2.45) is 4.99 Å². The van der Waals surface area contributed by atoms with Gasteiger partial charge in [0.15, 0.2) is 16.7 Å². The molecule has 2 aliphatic rings. The molecule has 6 heteroatoms. The minimum absolute atomic E-state index is 0.293. The van der Waals surface area contributed by atoms with Gasteiger partial charge in [-0.3, -0.25) is 4.79 Å². The van der Waals surface area contributed by atoms with Crippen LogP contribution in [-0.2, 0) is 4.79 Å². The monoisotopic (exact) mass is 306 g/mol. The van der Waals surface area contributed by atoms with Crippen LogP contribution in [-0.4, -0.2) is 34.2 Å². The second kappa shape index (κ2) is 5.89. The van der Waals surface area contributed by atoms with Gasteiger partial charge in [0.2, 0.25) is 0 Å². The smallest absolute Gasteiger partial charge is 0.286 e. The molecule has 2 aliphatic heterocycles. The summed E-state index contributed by atoms with van der Waals surface area (Å²) in [6, 6.07) is 4.24. The van der Waals surface area contributed by atoms with Gasteiger partial charge in [0.25, 0.3) is 5.91 Å². The molecule has 0 atom stereocenters. The molecule has 0 aromatic heterocycles. The van der Waals surface area contributed by atoms with Gasteiger partial charge >= 0.3 is 0 Å². The third-order valence-corrected chi connectivity index (χ3v) is 4.58. The minimum Gasteiger partial charge on any atom is -0.504 e. The number of benzene rings is 1. The lowest BCUT2D eigenvalue weighted by Gasteiger charge is -2.27. The second-order valence-electron chi connectivity index (χ2n) is 5.04. The lowest BCUT2D eigenvalue weighted by molar-refractivity contribution is -0.113. The Kier molecular flexibility index (Phi) is 3.96. The molecule has 0 spiro atoms. The summed E-state index contributed by atoms with van der Waals surface area (Å²) in [7, 11) is 0. The SMILES string of the molecule is O=C1N=C(N2CCCCC2)SC1=Cc1cccc(F)c1O. The molecule has 1 aromatic rings. The number of halogens is 1. The predicted molar refractivity (Wildman–Crippen MR) is 81.5 cm³/mol. The highest BCUT2D eigenvalue weighted by atomic mass is 32.2. The molecule has 21 heavy (non-hydrogen) atoms. The number of hydrogen-bond acceptors (Lipinski definition) is 4. The molecule has 2 heterocycles. The first-order chi connectivity index (χ1) is 10.1. The first kappa shape index (κ1) is 14.1. The van der Waals surface area contributed by atoms with E-state index in [1.54, 1.807) is 6.07 Å². The summed E-state index contributed by atoms with van der Waals surface area (Å²) >= 11 is 1.29. The van der Waals surface area contributed by atoms with Crippen molar-refractivity contribution < 1.29 is 14.3 Å². The molecule has 1 N–H and O–H groups in total. The number of phenols is 1. The summed E-state index contributed by atoms with van der Waals surface area (Å²) in [6.45, 7) is 1.83. The number of piperidine rings is 1. The lowest BCUT2D eigenvalue weighted by Crippen LogP contribution is -2.33. The lowest BCUT2D eigenvalue weighted by atomic mass is 10.1. The van der Waals surface area contributed by atoms with E-state index in [2.05, 4.69) is 9.89 Å². The topological polar surface area (TPSA) is 52.9 Å². The first-order valence-electron chi connectivity index (χ1n) is 6.90. The molecule has 1 amide bonds. The van der Waals surface area contributed by atoms with Crippen molar-refractivity contribution in [1.29, 1.82) is 0 Å². The van der Waals surface area contributed by atoms with Crippen LogP contribution in [0.3, 0.4) is 0 Å². The molecule has 1 aromatic carbocycles. The number of nitrogens with zero attached hydrogens (tertiary/aromatic N) is 2. The molecule has 0 bridgehead atoms. The van der Waals surface area contributed by atoms with E-state index in [-0.39, 0.29) is 5.91 Å². The second-order valence-corrected chi connectivity index (χ2v) is 6.04. The van der Waals surface area contributed by atoms with E-state index in [4.69, 9.17) is 0 Å². The Hall–Kier alpha value is -1.82. The van der Waals surface area contributed by atoms with E-state index in [1.165, 1.54) is 36.4 Å². The maximum atomic E-state index is 13.3. The summed E-state index contributed by atoms with van der Waals surface area (Å²) in [5.74, 6) is -1.47. The maximum Gasteiger partial charge on any atom is 0.286 e. The van der Waals surface area contributed by atoms with Crippen LogP contribution < -0.4 is 0 Å². The highest BCUT2D eigenvalue weighted by Gasteiger charge is 2.27. The van der Waals surface area contributed by atoms with E-state index < -0.39 is 11.6 Å². The van der Waals surface area contributed by atoms with E-state index in [1.807, 2.05) is 0 Å². The molecule has 0 saturated carbocycles. The van der Waals surface area contributed by atoms with Crippen LogP contribution in [0.2, 0.25) is 0 Å². The number of hydrogen-bond donors (Lipinski definition) is 1. The summed E-state index contributed by atoms with van der Waals surface area (Å²) in [5, 5.41) is 10.4. The highest BCUT2D eigenvalue weighted by Crippen LogP contribution is 2.33. The molecule has 0 aliphatic carbocycles. The van der Waals surface area contributed by atoms with Gasteiger partial charge in [-0.2, -0.15) is 4.99 Å². The Morgan fingerprint density at radius 1 is 1.29 bits per heavy atom. The minimum atomic E-state index is -0.697. The fourth-order valence-corrected chi connectivity index (χ4v) is 3.36. The summed E-state index contributed by atoms with van der Waals surface area (Å²) in [5.41, 5.74) is 0.293. The van der Waals surface area contributed by atoms with Crippen molar-refractivity contribution in [3.05, 3.63) is 34.5 Å². The van der Waals surface area contributed by atoms with Gasteiger partial charge in [-0.15, -0.1) is 0 Å². The van der Waals surface area contributed by atoms with Crippen LogP contribution in [0.4, 0.5) is 4.39 Å². The van der Waals surface area contributed by atoms with Crippen LogP contribution in [0.15, 0.2) is 28.1 Å². The predicted octanol–water partition coefficient (Wildman–Crippen LogP) is 2.99. The zero-order chi connectivity index (χ0) is 14.8. The molecule has 0 radical (unpaired) electrons. The van der Waals surface area contributed by atoms with Gasteiger partial charge in [0, 0.05) is 18.7 Å². The quantitative estimate of drug-likeness (QED) is 0.810. The summed E-state index contributed by atoms with van der Waals surface area (Å²) in [4.78, 5) is 18.5. The maximum absolute atomic E-state index is 13.3. The number of likely N-dealkylation sites (tertiary alicyclic amines) is 1. The average molecular weight is 306 g/mol.